The number of anilines is 1. The van der Waals surface area contributed by atoms with Gasteiger partial charge >= 0.3 is 0 Å². The van der Waals surface area contributed by atoms with E-state index in [0.717, 1.165) is 36.4 Å². The molecule has 0 spiro atoms. The minimum atomic E-state index is -0.265. The van der Waals surface area contributed by atoms with Gasteiger partial charge in [0.2, 0.25) is 11.8 Å². The van der Waals surface area contributed by atoms with Gasteiger partial charge in [-0.15, -0.1) is 0 Å². The number of ether oxygens (including phenoxy) is 2. The highest BCUT2D eigenvalue weighted by Gasteiger charge is 2.23. The number of aromatic nitrogens is 2. The van der Waals surface area contributed by atoms with Crippen molar-refractivity contribution in [1.29, 1.82) is 0 Å². The molecule has 0 atom stereocenters. The van der Waals surface area contributed by atoms with Crippen LogP contribution in [-0.2, 0) is 19.7 Å². The third-order valence-electron chi connectivity index (χ3n) is 6.31. The monoisotopic (exact) mass is 514 g/mol. The first-order chi connectivity index (χ1) is 17.7. The van der Waals surface area contributed by atoms with Crippen LogP contribution in [0.25, 0.3) is 5.69 Å². The van der Waals surface area contributed by atoms with E-state index in [2.05, 4.69) is 33.0 Å². The summed E-state index contributed by atoms with van der Waals surface area (Å²) in [7, 11) is 3.22. The predicted molar refractivity (Wildman–Crippen MR) is 149 cm³/mol. The first-order valence-electron chi connectivity index (χ1n) is 13.5. The second-order valence-electron chi connectivity index (χ2n) is 10.5. The van der Waals surface area contributed by atoms with Gasteiger partial charge in [0.05, 0.1) is 31.6 Å². The Bertz CT molecular complexity index is 963. The molecule has 1 N–H and O–H groups in total. The minimum Gasteiger partial charge on any atom is -0.497 e. The fraction of sp³-hybridized carbons (Fsp3) is 0.621. The predicted octanol–water partition coefficient (Wildman–Crippen LogP) is 5.73. The van der Waals surface area contributed by atoms with Gasteiger partial charge in [0.1, 0.15) is 11.6 Å². The van der Waals surface area contributed by atoms with Gasteiger partial charge in [0.15, 0.2) is 0 Å². The number of hydrogen-bond donors (Lipinski definition) is 1. The first kappa shape index (κ1) is 30.4. The van der Waals surface area contributed by atoms with Crippen molar-refractivity contribution in [3.63, 3.8) is 0 Å². The molecule has 2 amide bonds. The average Bonchev–Trinajstić information content (AvgIpc) is 3.30. The van der Waals surface area contributed by atoms with Crippen LogP contribution >= 0.6 is 0 Å². The molecule has 1 heterocycles. The maximum absolute atomic E-state index is 13.1. The first-order valence-corrected chi connectivity index (χ1v) is 13.5. The van der Waals surface area contributed by atoms with E-state index in [1.54, 1.807) is 23.8 Å². The van der Waals surface area contributed by atoms with E-state index in [0.29, 0.717) is 25.4 Å². The molecular formula is C29H46N4O4. The Labute approximate surface area is 222 Å². The number of benzene rings is 1. The number of methoxy groups -OCH3 is 2. The number of unbranched alkanes of at least 4 members (excludes halogenated alkanes) is 6. The molecule has 0 unspecified atom stereocenters. The van der Waals surface area contributed by atoms with E-state index in [9.17, 15) is 9.59 Å². The molecule has 8 nitrogen and oxygen atoms in total. The van der Waals surface area contributed by atoms with Crippen molar-refractivity contribution >= 4 is 17.6 Å². The van der Waals surface area contributed by atoms with E-state index < -0.39 is 0 Å². The van der Waals surface area contributed by atoms with Crippen LogP contribution in [0.5, 0.6) is 5.75 Å². The van der Waals surface area contributed by atoms with Gasteiger partial charge in [0, 0.05) is 31.6 Å². The largest absolute Gasteiger partial charge is 0.497 e. The summed E-state index contributed by atoms with van der Waals surface area (Å²) in [5, 5.41) is 7.74. The molecule has 206 valence electrons. The normalized spacial score (nSPS) is 11.4. The van der Waals surface area contributed by atoms with E-state index >= 15 is 0 Å². The Hall–Kier alpha value is -2.87. The highest BCUT2D eigenvalue weighted by Crippen LogP contribution is 2.27. The van der Waals surface area contributed by atoms with Gasteiger partial charge in [-0.1, -0.05) is 66.2 Å². The molecule has 0 aliphatic rings. The number of amides is 2. The number of nitrogens with zero attached hydrogens (tertiary/aromatic N) is 3. The van der Waals surface area contributed by atoms with Crippen molar-refractivity contribution in [2.75, 3.05) is 39.2 Å². The molecule has 8 heteroatoms. The van der Waals surface area contributed by atoms with E-state index in [1.165, 1.54) is 25.7 Å². The lowest BCUT2D eigenvalue weighted by atomic mass is 9.92. The molecule has 0 saturated heterocycles. The van der Waals surface area contributed by atoms with Gasteiger partial charge in [-0.25, -0.2) is 4.68 Å². The summed E-state index contributed by atoms with van der Waals surface area (Å²) in [5.74, 6) is 1.02. The standard InChI is InChI=1S/C29H46N4O4/c1-7-8-9-10-11-12-13-14-28(35)32(19-20-36-5)22-27(34)30-26-21-25(29(2,3)4)31-33(26)23-15-17-24(37-6)18-16-23/h15-18,21H,7-14,19-20,22H2,1-6H3,(H,30,34). The van der Waals surface area contributed by atoms with Crippen LogP contribution in [0.2, 0.25) is 0 Å². The SMILES string of the molecule is CCCCCCCCCC(=O)N(CCOC)CC(=O)Nc1cc(C(C)(C)C)nn1-c1ccc(OC)cc1. The molecule has 1 aromatic heterocycles. The topological polar surface area (TPSA) is 85.7 Å². The Kier molecular flexibility index (Phi) is 12.6. The van der Waals surface area contributed by atoms with Crippen molar-refractivity contribution in [3.05, 3.63) is 36.0 Å². The Balaban J connectivity index is 2.07. The summed E-state index contributed by atoms with van der Waals surface area (Å²) in [6.07, 6.45) is 8.46. The highest BCUT2D eigenvalue weighted by atomic mass is 16.5. The van der Waals surface area contributed by atoms with Crippen LogP contribution in [-0.4, -0.2) is 60.4 Å². The van der Waals surface area contributed by atoms with Gasteiger partial charge in [0.25, 0.3) is 0 Å². The fourth-order valence-corrected chi connectivity index (χ4v) is 4.00. The van der Waals surface area contributed by atoms with E-state index in [-0.39, 0.29) is 23.8 Å². The number of hydrogen-bond acceptors (Lipinski definition) is 5. The van der Waals surface area contributed by atoms with Crippen LogP contribution in [0.1, 0.15) is 84.8 Å². The second-order valence-corrected chi connectivity index (χ2v) is 10.5. The number of carbonyl (C=O) groups excluding carboxylic acids is 2. The third kappa shape index (κ3) is 10.2. The number of nitrogens with one attached hydrogen (secondary N) is 1. The zero-order chi connectivity index (χ0) is 27.3. The van der Waals surface area contributed by atoms with Crippen LogP contribution in [0.4, 0.5) is 5.82 Å². The molecule has 0 aliphatic heterocycles. The summed E-state index contributed by atoms with van der Waals surface area (Å²) < 4.78 is 12.2. The zero-order valence-electron chi connectivity index (χ0n) is 23.6. The van der Waals surface area contributed by atoms with Crippen molar-refractivity contribution in [2.24, 2.45) is 0 Å². The highest BCUT2D eigenvalue weighted by molar-refractivity contribution is 5.94. The fourth-order valence-electron chi connectivity index (χ4n) is 4.00. The molecule has 2 aromatic rings. The molecule has 0 radical (unpaired) electrons. The molecule has 0 fully saturated rings. The molecule has 1 aromatic carbocycles. The van der Waals surface area contributed by atoms with Gasteiger partial charge in [-0.2, -0.15) is 5.10 Å². The molecule has 0 bridgehead atoms. The molecule has 0 aliphatic carbocycles. The van der Waals surface area contributed by atoms with Crippen molar-refractivity contribution in [1.82, 2.24) is 14.7 Å². The smallest absolute Gasteiger partial charge is 0.245 e. The maximum atomic E-state index is 13.1. The van der Waals surface area contributed by atoms with E-state index in [4.69, 9.17) is 14.6 Å². The lowest BCUT2D eigenvalue weighted by molar-refractivity contribution is -0.135. The van der Waals surface area contributed by atoms with Crippen molar-refractivity contribution in [2.45, 2.75) is 84.5 Å². The third-order valence-corrected chi connectivity index (χ3v) is 6.31. The zero-order valence-corrected chi connectivity index (χ0v) is 23.6. The Morgan fingerprint density at radius 1 is 1.00 bits per heavy atom. The van der Waals surface area contributed by atoms with Crippen LogP contribution in [0, 0.1) is 0 Å². The second kappa shape index (κ2) is 15.4. The van der Waals surface area contributed by atoms with Crippen LogP contribution in [0.15, 0.2) is 30.3 Å². The summed E-state index contributed by atoms with van der Waals surface area (Å²) >= 11 is 0. The van der Waals surface area contributed by atoms with Crippen molar-refractivity contribution in [3.8, 4) is 11.4 Å². The quantitative estimate of drug-likeness (QED) is 0.289. The van der Waals surface area contributed by atoms with Gasteiger partial charge in [-0.3, -0.25) is 9.59 Å². The van der Waals surface area contributed by atoms with Crippen LogP contribution < -0.4 is 10.1 Å². The van der Waals surface area contributed by atoms with Crippen molar-refractivity contribution < 1.29 is 19.1 Å². The average molecular weight is 515 g/mol. The minimum absolute atomic E-state index is 0.0141. The van der Waals surface area contributed by atoms with Crippen LogP contribution in [0.3, 0.4) is 0 Å². The molecule has 0 saturated carbocycles. The maximum Gasteiger partial charge on any atom is 0.245 e. The molecule has 37 heavy (non-hydrogen) atoms. The lowest BCUT2D eigenvalue weighted by Crippen LogP contribution is -2.40. The summed E-state index contributed by atoms with van der Waals surface area (Å²) in [4.78, 5) is 27.6. The summed E-state index contributed by atoms with van der Waals surface area (Å²) in [6.45, 7) is 9.17. The Morgan fingerprint density at radius 3 is 2.24 bits per heavy atom. The number of carbonyl (C=O) groups is 2. The number of rotatable bonds is 16. The van der Waals surface area contributed by atoms with Gasteiger partial charge < -0.3 is 19.7 Å². The van der Waals surface area contributed by atoms with Gasteiger partial charge in [-0.05, 0) is 30.7 Å². The summed E-state index contributed by atoms with van der Waals surface area (Å²) in [5.41, 5.74) is 1.46. The summed E-state index contributed by atoms with van der Waals surface area (Å²) in [6, 6.07) is 9.39. The molecule has 2 rings (SSSR count). The molecular weight excluding hydrogens is 468 g/mol. The Morgan fingerprint density at radius 2 is 1.65 bits per heavy atom. The van der Waals surface area contributed by atoms with E-state index in [1.807, 2.05) is 30.3 Å². The lowest BCUT2D eigenvalue weighted by Gasteiger charge is -2.22.